The first-order chi connectivity index (χ1) is 7.90. The molecule has 1 rings (SSSR count). The molecule has 0 bridgehead atoms. The fourth-order valence-electron chi connectivity index (χ4n) is 2.06. The molecular formula is C17H24. The van der Waals surface area contributed by atoms with Crippen LogP contribution in [0.5, 0.6) is 0 Å². The third-order valence-electron chi connectivity index (χ3n) is 3.27. The first-order valence-electron chi connectivity index (χ1n) is 6.50. The molecule has 0 amide bonds. The molecule has 92 valence electrons. The highest BCUT2D eigenvalue weighted by atomic mass is 14.2. The number of aryl methyl sites for hydroxylation is 1. The number of terminal acetylenes is 1. The van der Waals surface area contributed by atoms with Crippen LogP contribution in [0.4, 0.5) is 0 Å². The molecule has 0 aromatic heterocycles. The van der Waals surface area contributed by atoms with Gasteiger partial charge < -0.3 is 0 Å². The molecule has 0 spiro atoms. The van der Waals surface area contributed by atoms with Crippen molar-refractivity contribution in [1.29, 1.82) is 0 Å². The molecule has 0 aliphatic carbocycles. The van der Waals surface area contributed by atoms with E-state index in [2.05, 4.69) is 52.7 Å². The molecular weight excluding hydrogens is 204 g/mol. The number of benzene rings is 1. The smallest absolute Gasteiger partial charge is 0.0280 e. The van der Waals surface area contributed by atoms with E-state index < -0.39 is 0 Å². The predicted octanol–water partition coefficient (Wildman–Crippen LogP) is 4.62. The van der Waals surface area contributed by atoms with Gasteiger partial charge in [0.25, 0.3) is 0 Å². The van der Waals surface area contributed by atoms with E-state index in [1.54, 1.807) is 0 Å². The van der Waals surface area contributed by atoms with Crippen molar-refractivity contribution in [3.05, 3.63) is 34.4 Å². The van der Waals surface area contributed by atoms with Gasteiger partial charge in [-0.3, -0.25) is 0 Å². The number of hydrogen-bond acceptors (Lipinski definition) is 0. The van der Waals surface area contributed by atoms with Gasteiger partial charge in [0.05, 0.1) is 0 Å². The molecule has 17 heavy (non-hydrogen) atoms. The Morgan fingerprint density at radius 1 is 1.24 bits per heavy atom. The molecule has 0 N–H and O–H groups in total. The second kappa shape index (κ2) is 5.41. The van der Waals surface area contributed by atoms with Crippen molar-refractivity contribution >= 4 is 0 Å². The summed E-state index contributed by atoms with van der Waals surface area (Å²) in [5.74, 6) is 2.86. The molecule has 1 aromatic rings. The van der Waals surface area contributed by atoms with Gasteiger partial charge in [-0.2, -0.15) is 0 Å². The van der Waals surface area contributed by atoms with Gasteiger partial charge in [-0.1, -0.05) is 46.1 Å². The highest BCUT2D eigenvalue weighted by molar-refractivity contribution is 5.48. The topological polar surface area (TPSA) is 0 Å². The second-order valence-electron chi connectivity index (χ2n) is 5.82. The Bertz CT molecular complexity index is 425. The van der Waals surface area contributed by atoms with Gasteiger partial charge in [-0.25, -0.2) is 0 Å². The van der Waals surface area contributed by atoms with Gasteiger partial charge >= 0.3 is 0 Å². The summed E-state index contributed by atoms with van der Waals surface area (Å²) in [7, 11) is 0. The molecule has 1 aromatic carbocycles. The fourth-order valence-corrected chi connectivity index (χ4v) is 2.06. The van der Waals surface area contributed by atoms with Gasteiger partial charge in [-0.15, -0.1) is 6.42 Å². The van der Waals surface area contributed by atoms with Crippen LogP contribution in [0.2, 0.25) is 0 Å². The van der Waals surface area contributed by atoms with Gasteiger partial charge in [0.2, 0.25) is 0 Å². The van der Waals surface area contributed by atoms with E-state index in [1.165, 1.54) is 29.5 Å². The molecule has 0 unspecified atom stereocenters. The third-order valence-corrected chi connectivity index (χ3v) is 3.27. The van der Waals surface area contributed by atoms with Crippen LogP contribution in [-0.2, 0) is 11.8 Å². The Morgan fingerprint density at radius 2 is 1.88 bits per heavy atom. The van der Waals surface area contributed by atoms with Crippen LogP contribution < -0.4 is 0 Å². The minimum absolute atomic E-state index is 0.166. The van der Waals surface area contributed by atoms with E-state index in [-0.39, 0.29) is 5.41 Å². The van der Waals surface area contributed by atoms with E-state index >= 15 is 0 Å². The van der Waals surface area contributed by atoms with Crippen LogP contribution in [-0.4, -0.2) is 0 Å². The SMILES string of the molecule is C#Cc1cc(C(C)(C)C)cc(C)c1CCCC. The second-order valence-corrected chi connectivity index (χ2v) is 5.82. The molecule has 0 heterocycles. The maximum Gasteiger partial charge on any atom is 0.0280 e. The first-order valence-corrected chi connectivity index (χ1v) is 6.50. The van der Waals surface area contributed by atoms with Gasteiger partial charge in [-0.05, 0) is 47.9 Å². The molecule has 0 saturated carbocycles. The van der Waals surface area contributed by atoms with E-state index in [0.29, 0.717) is 0 Å². The predicted molar refractivity (Wildman–Crippen MR) is 76.4 cm³/mol. The van der Waals surface area contributed by atoms with Crippen LogP contribution in [0.1, 0.15) is 62.8 Å². The van der Waals surface area contributed by atoms with Crippen LogP contribution in [0.3, 0.4) is 0 Å². The maximum atomic E-state index is 5.65. The summed E-state index contributed by atoms with van der Waals surface area (Å²) in [5.41, 5.74) is 5.30. The largest absolute Gasteiger partial charge is 0.115 e. The monoisotopic (exact) mass is 228 g/mol. The summed E-state index contributed by atoms with van der Waals surface area (Å²) in [6.07, 6.45) is 9.18. The highest BCUT2D eigenvalue weighted by Gasteiger charge is 2.16. The lowest BCUT2D eigenvalue weighted by molar-refractivity contribution is 0.589. The zero-order chi connectivity index (χ0) is 13.1. The van der Waals surface area contributed by atoms with Crippen molar-refractivity contribution in [2.75, 3.05) is 0 Å². The van der Waals surface area contributed by atoms with Crippen molar-refractivity contribution in [2.24, 2.45) is 0 Å². The van der Waals surface area contributed by atoms with Crippen molar-refractivity contribution in [1.82, 2.24) is 0 Å². The number of rotatable bonds is 3. The Labute approximate surface area is 106 Å². The molecule has 0 nitrogen and oxygen atoms in total. The lowest BCUT2D eigenvalue weighted by atomic mass is 9.83. The lowest BCUT2D eigenvalue weighted by Crippen LogP contribution is -2.12. The first kappa shape index (κ1) is 13.8. The van der Waals surface area contributed by atoms with Gasteiger partial charge in [0.1, 0.15) is 0 Å². The highest BCUT2D eigenvalue weighted by Crippen LogP contribution is 2.27. The standard InChI is InChI=1S/C17H24/c1-7-9-10-16-13(3)11-15(17(4,5)6)12-14(16)8-2/h2,11-12H,7,9-10H2,1,3-6H3. The number of hydrogen-bond donors (Lipinski definition) is 0. The normalized spacial score (nSPS) is 11.3. The van der Waals surface area contributed by atoms with Crippen LogP contribution in [0.15, 0.2) is 12.1 Å². The minimum Gasteiger partial charge on any atom is -0.115 e. The van der Waals surface area contributed by atoms with Crippen LogP contribution in [0.25, 0.3) is 0 Å². The third kappa shape index (κ3) is 3.37. The van der Waals surface area contributed by atoms with Crippen LogP contribution in [0, 0.1) is 19.3 Å². The molecule has 0 heteroatoms. The number of unbranched alkanes of at least 4 members (excludes halogenated alkanes) is 1. The Kier molecular flexibility index (Phi) is 4.40. The van der Waals surface area contributed by atoms with Crippen LogP contribution >= 0.6 is 0 Å². The summed E-state index contributed by atoms with van der Waals surface area (Å²) < 4.78 is 0. The maximum absolute atomic E-state index is 5.65. The summed E-state index contributed by atoms with van der Waals surface area (Å²) in [4.78, 5) is 0. The van der Waals surface area contributed by atoms with E-state index in [4.69, 9.17) is 6.42 Å². The molecule has 0 atom stereocenters. The van der Waals surface area contributed by atoms with Gasteiger partial charge in [0, 0.05) is 5.56 Å². The molecule has 0 aliphatic rings. The summed E-state index contributed by atoms with van der Waals surface area (Å²) in [6.45, 7) is 11.1. The zero-order valence-corrected chi connectivity index (χ0v) is 11.9. The minimum atomic E-state index is 0.166. The average molecular weight is 228 g/mol. The quantitative estimate of drug-likeness (QED) is 0.662. The van der Waals surface area contributed by atoms with Crippen molar-refractivity contribution in [3.8, 4) is 12.3 Å². The Balaban J connectivity index is 3.23. The molecule has 0 saturated heterocycles. The molecule has 0 fully saturated rings. The molecule has 0 aliphatic heterocycles. The summed E-state index contributed by atoms with van der Waals surface area (Å²) >= 11 is 0. The summed E-state index contributed by atoms with van der Waals surface area (Å²) in [6, 6.07) is 4.49. The van der Waals surface area contributed by atoms with E-state index in [1.807, 2.05) is 0 Å². The summed E-state index contributed by atoms with van der Waals surface area (Å²) in [5, 5.41) is 0. The fraction of sp³-hybridized carbons (Fsp3) is 0.529. The van der Waals surface area contributed by atoms with Crippen molar-refractivity contribution in [3.63, 3.8) is 0 Å². The van der Waals surface area contributed by atoms with Crippen molar-refractivity contribution in [2.45, 2.75) is 59.3 Å². The van der Waals surface area contributed by atoms with Gasteiger partial charge in [0.15, 0.2) is 0 Å². The van der Waals surface area contributed by atoms with E-state index in [9.17, 15) is 0 Å². The zero-order valence-electron chi connectivity index (χ0n) is 11.9. The average Bonchev–Trinajstić information content (AvgIpc) is 2.25. The molecule has 0 radical (unpaired) electrons. The van der Waals surface area contributed by atoms with Crippen molar-refractivity contribution < 1.29 is 0 Å². The Hall–Kier alpha value is -1.22. The van der Waals surface area contributed by atoms with E-state index in [0.717, 1.165) is 12.0 Å². The Morgan fingerprint density at radius 3 is 2.35 bits per heavy atom. The lowest BCUT2D eigenvalue weighted by Gasteiger charge is -2.22.